The van der Waals surface area contributed by atoms with Crippen LogP contribution in [0.3, 0.4) is 0 Å². The van der Waals surface area contributed by atoms with Crippen molar-refractivity contribution in [3.63, 3.8) is 0 Å². The van der Waals surface area contributed by atoms with Crippen molar-refractivity contribution < 1.29 is 9.90 Å². The molecule has 0 saturated heterocycles. The second-order valence-corrected chi connectivity index (χ2v) is 3.80. The van der Waals surface area contributed by atoms with Crippen molar-refractivity contribution in [2.45, 2.75) is 32.3 Å². The topological polar surface area (TPSA) is 61.4 Å². The smallest absolute Gasteiger partial charge is 0.220 e. The van der Waals surface area contributed by atoms with Crippen LogP contribution in [-0.2, 0) is 4.79 Å². The average Bonchev–Trinajstić information content (AvgIpc) is 2.00. The largest absolute Gasteiger partial charge is 0.389 e. The molecule has 0 aromatic heterocycles. The van der Waals surface area contributed by atoms with E-state index in [9.17, 15) is 9.90 Å². The van der Waals surface area contributed by atoms with Gasteiger partial charge in [0.1, 0.15) is 0 Å². The molecule has 0 aliphatic heterocycles. The fourth-order valence-electron chi connectivity index (χ4n) is 0.829. The highest BCUT2D eigenvalue weighted by Crippen LogP contribution is 1.97. The number of rotatable bonds is 6. The van der Waals surface area contributed by atoms with E-state index in [1.54, 1.807) is 13.8 Å². The Labute approximate surface area is 79.7 Å². The Morgan fingerprint density at radius 1 is 1.46 bits per heavy atom. The van der Waals surface area contributed by atoms with Gasteiger partial charge in [0, 0.05) is 13.0 Å². The van der Waals surface area contributed by atoms with Gasteiger partial charge in [-0.15, -0.1) is 0 Å². The third kappa shape index (κ3) is 9.30. The summed E-state index contributed by atoms with van der Waals surface area (Å²) in [5.74, 6) is -0.00243. The first-order chi connectivity index (χ1) is 5.95. The predicted octanol–water partition coefficient (Wildman–Crippen LogP) is -0.127. The monoisotopic (exact) mass is 188 g/mol. The van der Waals surface area contributed by atoms with Crippen LogP contribution < -0.4 is 10.6 Å². The van der Waals surface area contributed by atoms with Crippen LogP contribution in [0.25, 0.3) is 0 Å². The van der Waals surface area contributed by atoms with Crippen LogP contribution in [0.1, 0.15) is 26.7 Å². The molecule has 0 unspecified atom stereocenters. The summed E-state index contributed by atoms with van der Waals surface area (Å²) in [6, 6.07) is 0. The van der Waals surface area contributed by atoms with E-state index in [1.807, 2.05) is 7.05 Å². The molecule has 0 aliphatic carbocycles. The lowest BCUT2D eigenvalue weighted by Gasteiger charge is -2.17. The Morgan fingerprint density at radius 2 is 2.08 bits per heavy atom. The van der Waals surface area contributed by atoms with Gasteiger partial charge in [0.2, 0.25) is 5.91 Å². The summed E-state index contributed by atoms with van der Waals surface area (Å²) in [5, 5.41) is 14.9. The lowest BCUT2D eigenvalue weighted by Crippen LogP contribution is -2.38. The fourth-order valence-corrected chi connectivity index (χ4v) is 0.829. The number of hydrogen-bond acceptors (Lipinski definition) is 3. The van der Waals surface area contributed by atoms with Gasteiger partial charge < -0.3 is 15.7 Å². The Kier molecular flexibility index (Phi) is 5.66. The van der Waals surface area contributed by atoms with Gasteiger partial charge in [-0.3, -0.25) is 4.79 Å². The Morgan fingerprint density at radius 3 is 2.54 bits per heavy atom. The molecule has 0 fully saturated rings. The standard InChI is InChI=1S/C9H20N2O2/c1-9(2,13)7-11-8(12)5-4-6-10-3/h10,13H,4-7H2,1-3H3,(H,11,12). The summed E-state index contributed by atoms with van der Waals surface area (Å²) < 4.78 is 0. The number of amides is 1. The van der Waals surface area contributed by atoms with Gasteiger partial charge in [0.25, 0.3) is 0 Å². The van der Waals surface area contributed by atoms with E-state index in [-0.39, 0.29) is 5.91 Å². The molecule has 4 nitrogen and oxygen atoms in total. The first kappa shape index (κ1) is 12.4. The van der Waals surface area contributed by atoms with Crippen LogP contribution in [0.15, 0.2) is 0 Å². The van der Waals surface area contributed by atoms with Crippen LogP contribution in [-0.4, -0.2) is 36.8 Å². The van der Waals surface area contributed by atoms with Crippen molar-refractivity contribution in [2.75, 3.05) is 20.1 Å². The maximum absolute atomic E-state index is 11.1. The number of carbonyl (C=O) groups excluding carboxylic acids is 1. The third-order valence-corrected chi connectivity index (χ3v) is 1.55. The molecule has 0 radical (unpaired) electrons. The van der Waals surface area contributed by atoms with Gasteiger partial charge in [-0.1, -0.05) is 0 Å². The van der Waals surface area contributed by atoms with Crippen LogP contribution in [0.2, 0.25) is 0 Å². The van der Waals surface area contributed by atoms with E-state index >= 15 is 0 Å². The van der Waals surface area contributed by atoms with Crippen molar-refractivity contribution in [3.05, 3.63) is 0 Å². The zero-order valence-electron chi connectivity index (χ0n) is 8.68. The predicted molar refractivity (Wildman–Crippen MR) is 52.5 cm³/mol. The quantitative estimate of drug-likeness (QED) is 0.509. The van der Waals surface area contributed by atoms with E-state index in [0.717, 1.165) is 13.0 Å². The van der Waals surface area contributed by atoms with Gasteiger partial charge in [0.05, 0.1) is 5.60 Å². The van der Waals surface area contributed by atoms with Crippen LogP contribution in [0.4, 0.5) is 0 Å². The van der Waals surface area contributed by atoms with Gasteiger partial charge in [0.15, 0.2) is 0 Å². The van der Waals surface area contributed by atoms with Crippen LogP contribution in [0.5, 0.6) is 0 Å². The first-order valence-corrected chi connectivity index (χ1v) is 4.59. The SMILES string of the molecule is CNCCCC(=O)NCC(C)(C)O. The van der Waals surface area contributed by atoms with Crippen molar-refractivity contribution in [1.82, 2.24) is 10.6 Å². The average molecular weight is 188 g/mol. The Balaban J connectivity index is 3.41. The van der Waals surface area contributed by atoms with Gasteiger partial charge in [-0.05, 0) is 33.9 Å². The van der Waals surface area contributed by atoms with Crippen molar-refractivity contribution in [1.29, 1.82) is 0 Å². The number of nitrogens with one attached hydrogen (secondary N) is 2. The molecular weight excluding hydrogens is 168 g/mol. The first-order valence-electron chi connectivity index (χ1n) is 4.59. The Bertz CT molecular complexity index is 152. The highest BCUT2D eigenvalue weighted by Gasteiger charge is 2.13. The summed E-state index contributed by atoms with van der Waals surface area (Å²) in [7, 11) is 1.86. The lowest BCUT2D eigenvalue weighted by molar-refractivity contribution is -0.122. The molecule has 4 heteroatoms. The zero-order chi connectivity index (χ0) is 10.3. The minimum Gasteiger partial charge on any atom is -0.389 e. The molecule has 3 N–H and O–H groups in total. The number of carbonyl (C=O) groups is 1. The summed E-state index contributed by atoms with van der Waals surface area (Å²) >= 11 is 0. The van der Waals surface area contributed by atoms with Crippen molar-refractivity contribution in [3.8, 4) is 0 Å². The highest BCUT2D eigenvalue weighted by atomic mass is 16.3. The molecule has 78 valence electrons. The van der Waals surface area contributed by atoms with E-state index in [2.05, 4.69) is 10.6 Å². The fraction of sp³-hybridized carbons (Fsp3) is 0.889. The van der Waals surface area contributed by atoms with Crippen LogP contribution in [0, 0.1) is 0 Å². The number of aliphatic hydroxyl groups is 1. The van der Waals surface area contributed by atoms with E-state index in [4.69, 9.17) is 0 Å². The summed E-state index contributed by atoms with van der Waals surface area (Å²) in [5.41, 5.74) is -0.821. The summed E-state index contributed by atoms with van der Waals surface area (Å²) in [6.07, 6.45) is 1.34. The summed E-state index contributed by atoms with van der Waals surface area (Å²) in [6.45, 7) is 4.49. The maximum Gasteiger partial charge on any atom is 0.220 e. The van der Waals surface area contributed by atoms with Gasteiger partial charge in [-0.2, -0.15) is 0 Å². The van der Waals surface area contributed by atoms with Gasteiger partial charge in [-0.25, -0.2) is 0 Å². The molecule has 0 bridgehead atoms. The summed E-state index contributed by atoms with van der Waals surface area (Å²) in [4.78, 5) is 11.1. The zero-order valence-corrected chi connectivity index (χ0v) is 8.68. The molecule has 1 amide bonds. The van der Waals surface area contributed by atoms with Gasteiger partial charge >= 0.3 is 0 Å². The van der Waals surface area contributed by atoms with E-state index < -0.39 is 5.60 Å². The number of hydrogen-bond donors (Lipinski definition) is 3. The molecule has 0 spiro atoms. The Hall–Kier alpha value is -0.610. The minimum atomic E-state index is -0.821. The second-order valence-electron chi connectivity index (χ2n) is 3.80. The molecule has 0 aliphatic rings. The molecule has 0 aromatic rings. The minimum absolute atomic E-state index is 0.00243. The van der Waals surface area contributed by atoms with E-state index in [1.165, 1.54) is 0 Å². The lowest BCUT2D eigenvalue weighted by atomic mass is 10.1. The molecular formula is C9H20N2O2. The molecule has 0 aromatic carbocycles. The van der Waals surface area contributed by atoms with Crippen LogP contribution >= 0.6 is 0 Å². The normalized spacial score (nSPS) is 11.4. The van der Waals surface area contributed by atoms with Crippen molar-refractivity contribution >= 4 is 5.91 Å². The van der Waals surface area contributed by atoms with E-state index in [0.29, 0.717) is 13.0 Å². The van der Waals surface area contributed by atoms with Crippen molar-refractivity contribution in [2.24, 2.45) is 0 Å². The molecule has 0 rings (SSSR count). The maximum atomic E-state index is 11.1. The molecule has 0 heterocycles. The molecule has 13 heavy (non-hydrogen) atoms. The highest BCUT2D eigenvalue weighted by molar-refractivity contribution is 5.75. The third-order valence-electron chi connectivity index (χ3n) is 1.55. The molecule has 0 saturated carbocycles. The second kappa shape index (κ2) is 5.94. The molecule has 0 atom stereocenters.